The van der Waals surface area contributed by atoms with E-state index < -0.39 is 0 Å². The van der Waals surface area contributed by atoms with Crippen LogP contribution in [-0.2, 0) is 9.53 Å². The molecule has 3 heteroatoms. The molecule has 0 fully saturated rings. The zero-order valence-corrected chi connectivity index (χ0v) is 10.4. The Labute approximate surface area is 97.0 Å². The van der Waals surface area contributed by atoms with Crippen LogP contribution in [0.2, 0.25) is 0 Å². The van der Waals surface area contributed by atoms with Gasteiger partial charge in [0, 0.05) is 19.3 Å². The third-order valence-corrected chi connectivity index (χ3v) is 2.87. The topological polar surface area (TPSA) is 29.5 Å². The van der Waals surface area contributed by atoms with E-state index >= 15 is 0 Å². The first kappa shape index (κ1) is 12.6. The summed E-state index contributed by atoms with van der Waals surface area (Å²) in [5.74, 6) is -0.169. The van der Waals surface area contributed by atoms with E-state index in [2.05, 4.69) is 35.6 Å². The van der Waals surface area contributed by atoms with Crippen LogP contribution >= 0.6 is 0 Å². The predicted octanol–water partition coefficient (Wildman–Crippen LogP) is 2.30. The van der Waals surface area contributed by atoms with Gasteiger partial charge in [-0.15, -0.1) is 0 Å². The highest BCUT2D eigenvalue weighted by molar-refractivity contribution is 5.70. The fourth-order valence-corrected chi connectivity index (χ4v) is 1.63. The summed E-state index contributed by atoms with van der Waals surface area (Å²) in [6.45, 7) is 4.86. The SMILES string of the molecule is COC(=O)CCN(C)c1cccc(C)c1C. The Hall–Kier alpha value is -1.51. The predicted molar refractivity (Wildman–Crippen MR) is 65.8 cm³/mol. The maximum atomic E-state index is 11.1. The first-order valence-corrected chi connectivity index (χ1v) is 5.40. The minimum absolute atomic E-state index is 0.169. The van der Waals surface area contributed by atoms with Crippen molar-refractivity contribution >= 4 is 11.7 Å². The van der Waals surface area contributed by atoms with Crippen molar-refractivity contribution in [2.75, 3.05) is 25.6 Å². The quantitative estimate of drug-likeness (QED) is 0.731. The number of rotatable bonds is 4. The summed E-state index contributed by atoms with van der Waals surface area (Å²) in [5.41, 5.74) is 3.70. The Bertz CT molecular complexity index is 374. The van der Waals surface area contributed by atoms with Crippen LogP contribution in [0.4, 0.5) is 5.69 Å². The van der Waals surface area contributed by atoms with Gasteiger partial charge >= 0.3 is 5.97 Å². The van der Waals surface area contributed by atoms with Crippen LogP contribution in [0.15, 0.2) is 18.2 Å². The van der Waals surface area contributed by atoms with Crippen molar-refractivity contribution in [1.82, 2.24) is 0 Å². The van der Waals surface area contributed by atoms with E-state index in [0.29, 0.717) is 13.0 Å². The highest BCUT2D eigenvalue weighted by atomic mass is 16.5. The molecule has 0 bridgehead atoms. The van der Waals surface area contributed by atoms with Crippen molar-refractivity contribution in [3.8, 4) is 0 Å². The first-order chi connectivity index (χ1) is 7.56. The molecule has 88 valence electrons. The standard InChI is InChI=1S/C13H19NO2/c1-10-6-5-7-12(11(10)2)14(3)9-8-13(15)16-4/h5-7H,8-9H2,1-4H3. The molecule has 0 unspecified atom stereocenters. The summed E-state index contributed by atoms with van der Waals surface area (Å²) in [5, 5.41) is 0. The third-order valence-electron chi connectivity index (χ3n) is 2.87. The molecule has 0 saturated heterocycles. The van der Waals surface area contributed by atoms with Gasteiger partial charge in [0.15, 0.2) is 0 Å². The second kappa shape index (κ2) is 5.54. The summed E-state index contributed by atoms with van der Waals surface area (Å²) in [6.07, 6.45) is 0.417. The van der Waals surface area contributed by atoms with Crippen molar-refractivity contribution in [2.45, 2.75) is 20.3 Å². The molecule has 0 saturated carbocycles. The van der Waals surface area contributed by atoms with Gasteiger partial charge in [-0.3, -0.25) is 4.79 Å². The fraction of sp³-hybridized carbons (Fsp3) is 0.462. The Morgan fingerprint density at radius 3 is 2.69 bits per heavy atom. The summed E-state index contributed by atoms with van der Waals surface area (Å²) in [4.78, 5) is 13.1. The molecular formula is C13H19NO2. The highest BCUT2D eigenvalue weighted by Crippen LogP contribution is 2.21. The molecule has 0 aliphatic carbocycles. The Balaban J connectivity index is 2.69. The lowest BCUT2D eigenvalue weighted by molar-refractivity contribution is -0.140. The minimum Gasteiger partial charge on any atom is -0.469 e. The van der Waals surface area contributed by atoms with Gasteiger partial charge < -0.3 is 9.64 Å². The number of ether oxygens (including phenoxy) is 1. The van der Waals surface area contributed by atoms with E-state index in [0.717, 1.165) is 0 Å². The number of methoxy groups -OCH3 is 1. The van der Waals surface area contributed by atoms with E-state index in [1.807, 2.05) is 13.1 Å². The van der Waals surface area contributed by atoms with E-state index in [1.54, 1.807) is 0 Å². The molecule has 0 spiro atoms. The summed E-state index contributed by atoms with van der Waals surface area (Å²) >= 11 is 0. The number of aryl methyl sites for hydroxylation is 1. The van der Waals surface area contributed by atoms with E-state index in [1.165, 1.54) is 23.9 Å². The number of benzene rings is 1. The number of carbonyl (C=O) groups excluding carboxylic acids is 1. The molecule has 0 aliphatic rings. The van der Waals surface area contributed by atoms with Crippen molar-refractivity contribution in [3.05, 3.63) is 29.3 Å². The number of nitrogens with zero attached hydrogens (tertiary/aromatic N) is 1. The van der Waals surface area contributed by atoms with Gasteiger partial charge in [0.05, 0.1) is 13.5 Å². The van der Waals surface area contributed by atoms with E-state index in [-0.39, 0.29) is 5.97 Å². The molecule has 0 aromatic heterocycles. The average molecular weight is 221 g/mol. The summed E-state index contributed by atoms with van der Waals surface area (Å²) < 4.78 is 4.62. The van der Waals surface area contributed by atoms with Crippen LogP contribution < -0.4 is 4.90 Å². The van der Waals surface area contributed by atoms with Gasteiger partial charge in [-0.1, -0.05) is 12.1 Å². The van der Waals surface area contributed by atoms with Crippen LogP contribution in [0, 0.1) is 13.8 Å². The van der Waals surface area contributed by atoms with Crippen LogP contribution in [0.5, 0.6) is 0 Å². The van der Waals surface area contributed by atoms with E-state index in [9.17, 15) is 4.79 Å². The number of carbonyl (C=O) groups is 1. The molecule has 0 radical (unpaired) electrons. The molecule has 1 aromatic carbocycles. The van der Waals surface area contributed by atoms with Gasteiger partial charge in [-0.2, -0.15) is 0 Å². The van der Waals surface area contributed by atoms with Gasteiger partial charge in [-0.05, 0) is 31.0 Å². The maximum absolute atomic E-state index is 11.1. The lowest BCUT2D eigenvalue weighted by Crippen LogP contribution is -2.22. The third kappa shape index (κ3) is 2.99. The first-order valence-electron chi connectivity index (χ1n) is 5.40. The molecule has 3 nitrogen and oxygen atoms in total. The Morgan fingerprint density at radius 2 is 2.06 bits per heavy atom. The van der Waals surface area contributed by atoms with Gasteiger partial charge in [0.2, 0.25) is 0 Å². The van der Waals surface area contributed by atoms with Crippen LogP contribution in [-0.4, -0.2) is 26.7 Å². The van der Waals surface area contributed by atoms with Gasteiger partial charge in [0.1, 0.15) is 0 Å². The second-order valence-corrected chi connectivity index (χ2v) is 3.97. The van der Waals surface area contributed by atoms with Crippen molar-refractivity contribution in [2.24, 2.45) is 0 Å². The number of anilines is 1. The van der Waals surface area contributed by atoms with Crippen molar-refractivity contribution in [1.29, 1.82) is 0 Å². The molecule has 0 heterocycles. The Kier molecular flexibility index (Phi) is 4.35. The highest BCUT2D eigenvalue weighted by Gasteiger charge is 2.08. The van der Waals surface area contributed by atoms with Crippen molar-refractivity contribution in [3.63, 3.8) is 0 Å². The maximum Gasteiger partial charge on any atom is 0.307 e. The number of hydrogen-bond donors (Lipinski definition) is 0. The van der Waals surface area contributed by atoms with Crippen LogP contribution in [0.3, 0.4) is 0 Å². The average Bonchev–Trinajstić information content (AvgIpc) is 2.29. The minimum atomic E-state index is -0.169. The van der Waals surface area contributed by atoms with Gasteiger partial charge in [0.25, 0.3) is 0 Å². The molecule has 16 heavy (non-hydrogen) atoms. The van der Waals surface area contributed by atoms with Crippen LogP contribution in [0.1, 0.15) is 17.5 Å². The lowest BCUT2D eigenvalue weighted by atomic mass is 10.1. The monoisotopic (exact) mass is 221 g/mol. The zero-order chi connectivity index (χ0) is 12.1. The van der Waals surface area contributed by atoms with E-state index in [4.69, 9.17) is 0 Å². The zero-order valence-electron chi connectivity index (χ0n) is 10.4. The Morgan fingerprint density at radius 1 is 1.38 bits per heavy atom. The molecule has 1 aromatic rings. The van der Waals surface area contributed by atoms with Crippen LogP contribution in [0.25, 0.3) is 0 Å². The summed E-state index contributed by atoms with van der Waals surface area (Å²) in [6, 6.07) is 6.19. The molecular weight excluding hydrogens is 202 g/mol. The van der Waals surface area contributed by atoms with Gasteiger partial charge in [-0.25, -0.2) is 0 Å². The number of esters is 1. The number of hydrogen-bond acceptors (Lipinski definition) is 3. The molecule has 0 N–H and O–H groups in total. The molecule has 1 rings (SSSR count). The van der Waals surface area contributed by atoms with Crippen molar-refractivity contribution < 1.29 is 9.53 Å². The second-order valence-electron chi connectivity index (χ2n) is 3.97. The fourth-order valence-electron chi connectivity index (χ4n) is 1.63. The smallest absolute Gasteiger partial charge is 0.307 e. The molecule has 0 atom stereocenters. The largest absolute Gasteiger partial charge is 0.469 e. The molecule has 0 amide bonds. The normalized spacial score (nSPS) is 10.0. The summed E-state index contributed by atoms with van der Waals surface area (Å²) in [7, 11) is 3.41. The lowest BCUT2D eigenvalue weighted by Gasteiger charge is -2.21. The molecule has 0 aliphatic heterocycles.